The fourth-order valence-electron chi connectivity index (χ4n) is 3.97. The van der Waals surface area contributed by atoms with E-state index in [4.69, 9.17) is 11.6 Å². The first-order chi connectivity index (χ1) is 18.1. The van der Waals surface area contributed by atoms with Crippen LogP contribution in [0.15, 0.2) is 83.3 Å². The molecule has 0 radical (unpaired) electrons. The zero-order valence-electron chi connectivity index (χ0n) is 21.3. The highest BCUT2D eigenvalue weighted by Crippen LogP contribution is 2.23. The first-order valence-corrected chi connectivity index (χ1v) is 15.2. The number of halogens is 2. The Morgan fingerprint density at radius 3 is 2.24 bits per heavy atom. The number of nitrogens with one attached hydrogen (secondary N) is 1. The molecule has 0 saturated carbocycles. The van der Waals surface area contributed by atoms with Gasteiger partial charge in [0.15, 0.2) is 0 Å². The summed E-state index contributed by atoms with van der Waals surface area (Å²) in [4.78, 5) is 28.8. The first kappa shape index (κ1) is 29.7. The Morgan fingerprint density at radius 2 is 1.63 bits per heavy atom. The maximum atomic E-state index is 13.9. The van der Waals surface area contributed by atoms with Crippen molar-refractivity contribution in [3.05, 3.63) is 99.5 Å². The molecule has 0 fully saturated rings. The van der Waals surface area contributed by atoms with Crippen molar-refractivity contribution in [2.24, 2.45) is 0 Å². The number of benzene rings is 3. The van der Waals surface area contributed by atoms with Crippen LogP contribution >= 0.6 is 27.5 Å². The number of hydrogen-bond acceptors (Lipinski definition) is 4. The first-order valence-electron chi connectivity index (χ1n) is 12.2. The maximum Gasteiger partial charge on any atom is 0.244 e. The minimum absolute atomic E-state index is 0.0778. The third-order valence-corrected chi connectivity index (χ3v) is 7.76. The number of nitrogens with zero attached hydrogens (tertiary/aromatic N) is 2. The average molecular weight is 621 g/mol. The second kappa shape index (κ2) is 13.8. The molecule has 1 N–H and O–H groups in total. The lowest BCUT2D eigenvalue weighted by molar-refractivity contribution is -0.140. The van der Waals surface area contributed by atoms with Crippen LogP contribution in [0, 0.1) is 0 Å². The number of amides is 2. The summed E-state index contributed by atoms with van der Waals surface area (Å²) in [5, 5.41) is 3.41. The van der Waals surface area contributed by atoms with Gasteiger partial charge in [-0.05, 0) is 53.9 Å². The van der Waals surface area contributed by atoms with Crippen LogP contribution in [0.2, 0.25) is 5.02 Å². The monoisotopic (exact) mass is 619 g/mol. The number of carbonyl (C=O) groups excluding carboxylic acids is 2. The smallest absolute Gasteiger partial charge is 0.244 e. The summed E-state index contributed by atoms with van der Waals surface area (Å²) < 4.78 is 27.4. The van der Waals surface area contributed by atoms with Crippen molar-refractivity contribution in [2.75, 3.05) is 23.7 Å². The summed E-state index contributed by atoms with van der Waals surface area (Å²) in [6.45, 7) is 2.02. The molecule has 10 heteroatoms. The van der Waals surface area contributed by atoms with Gasteiger partial charge in [-0.2, -0.15) is 0 Å². The van der Waals surface area contributed by atoms with Gasteiger partial charge >= 0.3 is 0 Å². The van der Waals surface area contributed by atoms with Crippen LogP contribution in [0.25, 0.3) is 0 Å². The van der Waals surface area contributed by atoms with E-state index in [1.165, 1.54) is 4.90 Å². The summed E-state index contributed by atoms with van der Waals surface area (Å²) in [6.07, 6.45) is 2.05. The van der Waals surface area contributed by atoms with E-state index in [0.29, 0.717) is 17.3 Å². The SMILES string of the molecule is CCCNC(=O)[C@@H](Cc1ccccc1)N(Cc1cccc(Cl)c1)C(=O)CN(c1ccc(Br)cc1)S(C)(=O)=O. The summed E-state index contributed by atoms with van der Waals surface area (Å²) in [5.74, 6) is -0.813. The lowest BCUT2D eigenvalue weighted by atomic mass is 10.0. The Labute approximate surface area is 238 Å². The molecule has 2 amide bonds. The van der Waals surface area contributed by atoms with Gasteiger partial charge in [-0.1, -0.05) is 76.9 Å². The number of sulfonamides is 1. The zero-order chi connectivity index (χ0) is 27.7. The van der Waals surface area contributed by atoms with Gasteiger partial charge in [0, 0.05) is 29.0 Å². The average Bonchev–Trinajstić information content (AvgIpc) is 2.88. The molecule has 0 unspecified atom stereocenters. The number of hydrogen-bond donors (Lipinski definition) is 1. The van der Waals surface area contributed by atoms with Crippen molar-refractivity contribution in [3.8, 4) is 0 Å². The molecule has 0 spiro atoms. The molecule has 0 aromatic heterocycles. The van der Waals surface area contributed by atoms with Gasteiger partial charge in [0.05, 0.1) is 11.9 Å². The Bertz CT molecular complexity index is 1340. The molecule has 0 heterocycles. The van der Waals surface area contributed by atoms with Crippen molar-refractivity contribution in [2.45, 2.75) is 32.4 Å². The predicted molar refractivity (Wildman–Crippen MR) is 156 cm³/mol. The second-order valence-corrected chi connectivity index (χ2v) is 12.2. The predicted octanol–water partition coefficient (Wildman–Crippen LogP) is 5.03. The maximum absolute atomic E-state index is 13.9. The normalized spacial score (nSPS) is 12.0. The molecule has 3 aromatic carbocycles. The van der Waals surface area contributed by atoms with Crippen LogP contribution in [0.4, 0.5) is 5.69 Å². The Balaban J connectivity index is 2.03. The summed E-state index contributed by atoms with van der Waals surface area (Å²) in [7, 11) is -3.81. The van der Waals surface area contributed by atoms with Crippen LogP contribution in [-0.2, 0) is 32.6 Å². The van der Waals surface area contributed by atoms with Crippen LogP contribution in [0.5, 0.6) is 0 Å². The van der Waals surface area contributed by atoms with Crippen molar-refractivity contribution in [1.29, 1.82) is 0 Å². The molecule has 202 valence electrons. The fourth-order valence-corrected chi connectivity index (χ4v) is 5.30. The van der Waals surface area contributed by atoms with E-state index in [2.05, 4.69) is 21.2 Å². The van der Waals surface area contributed by atoms with Gasteiger partial charge < -0.3 is 10.2 Å². The molecular formula is C28H31BrClN3O4S. The molecule has 0 aliphatic rings. The molecule has 1 atom stereocenters. The highest BCUT2D eigenvalue weighted by Gasteiger charge is 2.33. The lowest BCUT2D eigenvalue weighted by Crippen LogP contribution is -2.53. The topological polar surface area (TPSA) is 86.8 Å². The zero-order valence-corrected chi connectivity index (χ0v) is 24.5. The van der Waals surface area contributed by atoms with Crippen molar-refractivity contribution >= 4 is 55.1 Å². The van der Waals surface area contributed by atoms with Crippen LogP contribution in [0.3, 0.4) is 0 Å². The minimum atomic E-state index is -3.81. The Morgan fingerprint density at radius 1 is 0.974 bits per heavy atom. The summed E-state index contributed by atoms with van der Waals surface area (Å²) in [5.41, 5.74) is 1.95. The number of carbonyl (C=O) groups is 2. The van der Waals surface area contributed by atoms with Gasteiger partial charge in [-0.3, -0.25) is 13.9 Å². The molecule has 7 nitrogen and oxygen atoms in total. The number of rotatable bonds is 12. The van der Waals surface area contributed by atoms with E-state index in [0.717, 1.165) is 32.6 Å². The summed E-state index contributed by atoms with van der Waals surface area (Å²) >= 11 is 9.56. The van der Waals surface area contributed by atoms with Gasteiger partial charge in [0.1, 0.15) is 12.6 Å². The van der Waals surface area contributed by atoms with Crippen LogP contribution < -0.4 is 9.62 Å². The van der Waals surface area contributed by atoms with E-state index in [1.807, 2.05) is 43.3 Å². The molecule has 0 aliphatic heterocycles. The molecule has 3 rings (SSSR count). The third kappa shape index (κ3) is 8.58. The van der Waals surface area contributed by atoms with Crippen molar-refractivity contribution in [1.82, 2.24) is 10.2 Å². The van der Waals surface area contributed by atoms with Gasteiger partial charge in [0.25, 0.3) is 0 Å². The van der Waals surface area contributed by atoms with E-state index in [-0.39, 0.29) is 18.9 Å². The third-order valence-electron chi connectivity index (χ3n) is 5.86. The van der Waals surface area contributed by atoms with Crippen LogP contribution in [0.1, 0.15) is 24.5 Å². The molecule has 0 aliphatic carbocycles. The minimum Gasteiger partial charge on any atom is -0.354 e. The van der Waals surface area contributed by atoms with E-state index >= 15 is 0 Å². The van der Waals surface area contributed by atoms with E-state index in [9.17, 15) is 18.0 Å². The van der Waals surface area contributed by atoms with Gasteiger partial charge in [-0.25, -0.2) is 8.42 Å². The van der Waals surface area contributed by atoms with Crippen molar-refractivity contribution in [3.63, 3.8) is 0 Å². The molecule has 0 saturated heterocycles. The van der Waals surface area contributed by atoms with Gasteiger partial charge in [-0.15, -0.1) is 0 Å². The summed E-state index contributed by atoms with van der Waals surface area (Å²) in [6, 6.07) is 22.2. The number of anilines is 1. The molecular weight excluding hydrogens is 590 g/mol. The standard InChI is InChI=1S/C28H31BrClN3O4S/c1-3-16-31-28(35)26(18-21-8-5-4-6-9-21)32(19-22-10-7-11-24(30)17-22)27(34)20-33(38(2,36)37)25-14-12-23(29)13-15-25/h4-15,17,26H,3,16,18-20H2,1-2H3,(H,31,35)/t26-/m1/s1. The highest BCUT2D eigenvalue weighted by molar-refractivity contribution is 9.10. The van der Waals surface area contributed by atoms with Crippen molar-refractivity contribution < 1.29 is 18.0 Å². The van der Waals surface area contributed by atoms with E-state index in [1.54, 1.807) is 42.5 Å². The largest absolute Gasteiger partial charge is 0.354 e. The quantitative estimate of drug-likeness (QED) is 0.308. The Kier molecular flexibility index (Phi) is 10.8. The molecule has 38 heavy (non-hydrogen) atoms. The lowest BCUT2D eigenvalue weighted by Gasteiger charge is -2.33. The fraction of sp³-hybridized carbons (Fsp3) is 0.286. The van der Waals surface area contributed by atoms with Gasteiger partial charge in [0.2, 0.25) is 21.8 Å². The van der Waals surface area contributed by atoms with Crippen LogP contribution in [-0.4, -0.2) is 50.5 Å². The highest BCUT2D eigenvalue weighted by atomic mass is 79.9. The Hall–Kier alpha value is -2.88. The van der Waals surface area contributed by atoms with E-state index < -0.39 is 28.5 Å². The second-order valence-electron chi connectivity index (χ2n) is 8.89. The molecule has 3 aromatic rings. The molecule has 0 bridgehead atoms.